The Balaban J connectivity index is 1.55. The number of rotatable bonds is 11. The zero-order valence-electron chi connectivity index (χ0n) is 20.1. The Morgan fingerprint density at radius 1 is 0.971 bits per heavy atom. The number of hydrogen-bond acceptors (Lipinski definition) is 6. The summed E-state index contributed by atoms with van der Waals surface area (Å²) in [7, 11) is 0. The van der Waals surface area contributed by atoms with Crippen molar-refractivity contribution in [2.75, 3.05) is 0 Å². The molecule has 180 valence electrons. The van der Waals surface area contributed by atoms with Crippen LogP contribution in [0.15, 0.2) is 59.4 Å². The van der Waals surface area contributed by atoms with E-state index < -0.39 is 0 Å². The lowest BCUT2D eigenvalue weighted by molar-refractivity contribution is 0.521. The number of unbranched alkanes of at least 4 members (excludes halogenated alkanes) is 3. The van der Waals surface area contributed by atoms with Gasteiger partial charge in [-0.2, -0.15) is 16.2 Å². The van der Waals surface area contributed by atoms with Gasteiger partial charge in [0, 0.05) is 6.54 Å². The Hall–Kier alpha value is -3.04. The monoisotopic (exact) mass is 461 g/mol. The van der Waals surface area contributed by atoms with Crippen LogP contribution in [0, 0.1) is 0 Å². The molecule has 0 radical (unpaired) electrons. The number of hydrazine groups is 3. The minimum atomic E-state index is -0.0416. The highest BCUT2D eigenvalue weighted by molar-refractivity contribution is 5.68. The molecule has 34 heavy (non-hydrogen) atoms. The molecule has 0 bridgehead atoms. The molecule has 3 aromatic rings. The minimum absolute atomic E-state index is 0.0365. The number of hydrogen-bond donors (Lipinski definition) is 4. The highest BCUT2D eigenvalue weighted by Crippen LogP contribution is 2.28. The first-order valence-corrected chi connectivity index (χ1v) is 12.2. The lowest BCUT2D eigenvalue weighted by Crippen LogP contribution is -2.33. The van der Waals surface area contributed by atoms with Crippen molar-refractivity contribution in [2.45, 2.75) is 65.2 Å². The van der Waals surface area contributed by atoms with Gasteiger partial charge >= 0.3 is 5.69 Å². The second-order valence-electron chi connectivity index (χ2n) is 8.58. The summed E-state index contributed by atoms with van der Waals surface area (Å²) in [6, 6.07) is 16.7. The molecule has 1 aliphatic heterocycles. The molecule has 1 fully saturated rings. The molecule has 2 aromatic carbocycles. The zero-order chi connectivity index (χ0) is 23.8. The Morgan fingerprint density at radius 3 is 2.47 bits per heavy atom. The molecule has 0 amide bonds. The SMILES string of the molecule is CC/C=C/c1nn(CCCCCC)c(=O)n1Cc1ccc(-c2ccccc2C2NNNN2)cc1. The highest BCUT2D eigenvalue weighted by Gasteiger charge is 2.18. The summed E-state index contributed by atoms with van der Waals surface area (Å²) in [6.07, 6.45) is 9.34. The maximum atomic E-state index is 13.1. The van der Waals surface area contributed by atoms with Crippen molar-refractivity contribution in [3.63, 3.8) is 0 Å². The molecule has 1 aromatic heterocycles. The molecule has 8 heteroatoms. The van der Waals surface area contributed by atoms with Crippen molar-refractivity contribution in [1.82, 2.24) is 36.3 Å². The first-order chi connectivity index (χ1) is 16.7. The van der Waals surface area contributed by atoms with Crippen LogP contribution in [0.2, 0.25) is 0 Å². The Morgan fingerprint density at radius 2 is 1.74 bits per heavy atom. The van der Waals surface area contributed by atoms with Crippen LogP contribution in [0.1, 0.15) is 69.1 Å². The lowest BCUT2D eigenvalue weighted by atomic mass is 9.97. The summed E-state index contributed by atoms with van der Waals surface area (Å²) in [5, 5.41) is 4.62. The van der Waals surface area contributed by atoms with Gasteiger partial charge in [-0.3, -0.25) is 4.57 Å². The van der Waals surface area contributed by atoms with E-state index in [2.05, 4.69) is 83.3 Å². The predicted octanol–water partition coefficient (Wildman–Crippen LogP) is 3.88. The van der Waals surface area contributed by atoms with Gasteiger partial charge in [0.05, 0.1) is 6.54 Å². The summed E-state index contributed by atoms with van der Waals surface area (Å²) in [5.41, 5.74) is 16.5. The molecule has 0 aliphatic carbocycles. The molecule has 0 atom stereocenters. The molecule has 2 heterocycles. The average molecular weight is 462 g/mol. The molecule has 1 aliphatic rings. The van der Waals surface area contributed by atoms with Gasteiger partial charge in [0.2, 0.25) is 0 Å². The molecular formula is C26H35N7O. The van der Waals surface area contributed by atoms with Crippen molar-refractivity contribution in [3.8, 4) is 11.1 Å². The number of nitrogens with zero attached hydrogens (tertiary/aromatic N) is 3. The average Bonchev–Trinajstić information content (AvgIpc) is 3.50. The van der Waals surface area contributed by atoms with E-state index in [1.165, 1.54) is 12.8 Å². The van der Waals surface area contributed by atoms with E-state index in [4.69, 9.17) is 0 Å². The molecule has 0 spiro atoms. The third kappa shape index (κ3) is 5.71. The van der Waals surface area contributed by atoms with Gasteiger partial charge in [-0.15, -0.1) is 0 Å². The van der Waals surface area contributed by atoms with E-state index in [1.54, 1.807) is 9.25 Å². The fourth-order valence-electron chi connectivity index (χ4n) is 4.18. The summed E-state index contributed by atoms with van der Waals surface area (Å²) in [5.74, 6) is 0.718. The predicted molar refractivity (Wildman–Crippen MR) is 136 cm³/mol. The van der Waals surface area contributed by atoms with Gasteiger partial charge in [-0.05, 0) is 41.2 Å². The minimum Gasteiger partial charge on any atom is -0.271 e. The third-order valence-corrected chi connectivity index (χ3v) is 6.05. The summed E-state index contributed by atoms with van der Waals surface area (Å²) >= 11 is 0. The van der Waals surface area contributed by atoms with E-state index >= 15 is 0 Å². The van der Waals surface area contributed by atoms with Crippen LogP contribution in [0.3, 0.4) is 0 Å². The van der Waals surface area contributed by atoms with Gasteiger partial charge in [-0.1, -0.05) is 87.7 Å². The first-order valence-electron chi connectivity index (χ1n) is 12.2. The van der Waals surface area contributed by atoms with Crippen LogP contribution in [-0.4, -0.2) is 14.3 Å². The topological polar surface area (TPSA) is 87.9 Å². The number of allylic oxidation sites excluding steroid dienone is 1. The number of benzene rings is 2. The van der Waals surface area contributed by atoms with Crippen molar-refractivity contribution < 1.29 is 0 Å². The van der Waals surface area contributed by atoms with Crippen molar-refractivity contribution in [1.29, 1.82) is 0 Å². The number of aryl methyl sites for hydroxylation is 1. The van der Waals surface area contributed by atoms with E-state index in [1.807, 2.05) is 18.2 Å². The van der Waals surface area contributed by atoms with Crippen molar-refractivity contribution >= 4 is 6.08 Å². The molecule has 0 saturated carbocycles. The Bertz CT molecular complexity index is 1140. The van der Waals surface area contributed by atoms with Crippen molar-refractivity contribution in [2.24, 2.45) is 0 Å². The van der Waals surface area contributed by atoms with Crippen molar-refractivity contribution in [3.05, 3.63) is 82.0 Å². The number of nitrogens with one attached hydrogen (secondary N) is 4. The van der Waals surface area contributed by atoms with E-state index in [-0.39, 0.29) is 11.9 Å². The summed E-state index contributed by atoms with van der Waals surface area (Å²) in [6.45, 7) is 5.44. The first kappa shape index (κ1) is 24.1. The van der Waals surface area contributed by atoms with Crippen LogP contribution in [-0.2, 0) is 13.1 Å². The van der Waals surface area contributed by atoms with Crippen LogP contribution >= 0.6 is 0 Å². The number of aromatic nitrogens is 3. The largest absolute Gasteiger partial charge is 0.346 e. The standard InChI is InChI=1S/C26H35N7O/c1-3-5-7-10-18-33-26(34)32(24(29-33)13-6-4-2)19-20-14-16-21(17-15-20)22-11-8-9-12-23(22)25-27-30-31-28-25/h6,8-9,11-17,25,27-28,30-31H,3-5,7,10,18-19H2,1-2H3/b13-6+. The van der Waals surface area contributed by atoms with Gasteiger partial charge in [-0.25, -0.2) is 20.3 Å². The Labute approximate surface area is 201 Å². The third-order valence-electron chi connectivity index (χ3n) is 6.05. The molecule has 8 nitrogen and oxygen atoms in total. The van der Waals surface area contributed by atoms with Crippen LogP contribution in [0.5, 0.6) is 0 Å². The fraction of sp³-hybridized carbons (Fsp3) is 0.385. The van der Waals surface area contributed by atoms with Gasteiger partial charge in [0.25, 0.3) is 0 Å². The van der Waals surface area contributed by atoms with Gasteiger partial charge < -0.3 is 0 Å². The zero-order valence-corrected chi connectivity index (χ0v) is 20.1. The Kier molecular flexibility index (Phi) is 8.43. The normalized spacial score (nSPS) is 14.4. The van der Waals surface area contributed by atoms with Gasteiger partial charge in [0.1, 0.15) is 6.17 Å². The molecule has 4 rings (SSSR count). The molecular weight excluding hydrogens is 426 g/mol. The highest BCUT2D eigenvalue weighted by atomic mass is 16.2. The quantitative estimate of drug-likeness (QED) is 0.324. The van der Waals surface area contributed by atoms with E-state index in [0.29, 0.717) is 13.1 Å². The summed E-state index contributed by atoms with van der Waals surface area (Å²) < 4.78 is 3.40. The van der Waals surface area contributed by atoms with Crippen LogP contribution < -0.4 is 27.6 Å². The smallest absolute Gasteiger partial charge is 0.271 e. The van der Waals surface area contributed by atoms with E-state index in [0.717, 1.165) is 47.3 Å². The maximum absolute atomic E-state index is 13.1. The maximum Gasteiger partial charge on any atom is 0.346 e. The second kappa shape index (κ2) is 11.9. The van der Waals surface area contributed by atoms with E-state index in [9.17, 15) is 4.79 Å². The molecule has 0 unspecified atom stereocenters. The second-order valence-corrected chi connectivity index (χ2v) is 8.58. The lowest BCUT2D eigenvalue weighted by Gasteiger charge is -2.15. The molecule has 4 N–H and O–H groups in total. The summed E-state index contributed by atoms with van der Waals surface area (Å²) in [4.78, 5) is 13.1. The van der Waals surface area contributed by atoms with Crippen LogP contribution in [0.25, 0.3) is 17.2 Å². The van der Waals surface area contributed by atoms with Gasteiger partial charge in [0.15, 0.2) is 5.82 Å². The van der Waals surface area contributed by atoms with Crippen LogP contribution in [0.4, 0.5) is 0 Å². The molecule has 1 saturated heterocycles. The fourth-order valence-corrected chi connectivity index (χ4v) is 4.18.